The number of carbonyl (C=O) groups is 1. The summed E-state index contributed by atoms with van der Waals surface area (Å²) in [6, 6.07) is 8.66. The molecule has 6 nitrogen and oxygen atoms in total. The smallest absolute Gasteiger partial charge is 0.336 e. The summed E-state index contributed by atoms with van der Waals surface area (Å²) in [6.45, 7) is 14.6. The molecule has 2 aliphatic carbocycles. The predicted octanol–water partition coefficient (Wildman–Crippen LogP) is 5.57. The van der Waals surface area contributed by atoms with Gasteiger partial charge in [-0.2, -0.15) is 0 Å². The number of hydrogen-bond donors (Lipinski definition) is 1. The van der Waals surface area contributed by atoms with Crippen LogP contribution in [0.1, 0.15) is 60.3 Å². The fourth-order valence-corrected chi connectivity index (χ4v) is 5.89. The summed E-state index contributed by atoms with van der Waals surface area (Å²) in [6.07, 6.45) is 4.27. The van der Waals surface area contributed by atoms with E-state index in [2.05, 4.69) is 33.4 Å². The van der Waals surface area contributed by atoms with Gasteiger partial charge in [0, 0.05) is 28.9 Å². The van der Waals surface area contributed by atoms with Crippen LogP contribution in [0.15, 0.2) is 63.3 Å². The van der Waals surface area contributed by atoms with Crippen molar-refractivity contribution in [1.82, 2.24) is 0 Å². The van der Waals surface area contributed by atoms with Crippen molar-refractivity contribution >= 4 is 16.9 Å². The van der Waals surface area contributed by atoms with Crippen LogP contribution < -0.4 is 10.4 Å². The van der Waals surface area contributed by atoms with Crippen LogP contribution in [-0.2, 0) is 9.53 Å². The first-order chi connectivity index (χ1) is 16.3. The average Bonchev–Trinajstić information content (AvgIpc) is 2.73. The Balaban J connectivity index is 1.52. The highest BCUT2D eigenvalue weighted by Crippen LogP contribution is 2.59. The molecule has 1 fully saturated rings. The zero-order valence-electron chi connectivity index (χ0n) is 21.3. The van der Waals surface area contributed by atoms with Crippen molar-refractivity contribution in [2.75, 3.05) is 6.61 Å². The molecule has 1 heterocycles. The third-order valence-corrected chi connectivity index (χ3v) is 7.73. The molecule has 1 aromatic heterocycles. The summed E-state index contributed by atoms with van der Waals surface area (Å²) < 4.78 is 17.4. The SMILES string of the molecule is C=C1CC=C2C(C)(C)[C@@H](OC(=O)CC(C)(C)O)CC[C@]2(C)[C@@H]1COc1ccc2ccc(=O)oc2c1. The zero-order valence-corrected chi connectivity index (χ0v) is 21.3. The van der Waals surface area contributed by atoms with Gasteiger partial charge in [0.25, 0.3) is 0 Å². The van der Waals surface area contributed by atoms with E-state index in [1.807, 2.05) is 12.1 Å². The van der Waals surface area contributed by atoms with E-state index in [0.29, 0.717) is 17.9 Å². The largest absolute Gasteiger partial charge is 0.493 e. The van der Waals surface area contributed by atoms with Crippen molar-refractivity contribution in [1.29, 1.82) is 0 Å². The molecule has 35 heavy (non-hydrogen) atoms. The maximum Gasteiger partial charge on any atom is 0.336 e. The first-order valence-electron chi connectivity index (χ1n) is 12.3. The van der Waals surface area contributed by atoms with Crippen LogP contribution in [-0.4, -0.2) is 29.4 Å². The molecule has 2 aromatic rings. The molecule has 4 rings (SSSR count). The minimum Gasteiger partial charge on any atom is -0.493 e. The number of carbonyl (C=O) groups excluding carboxylic acids is 1. The molecule has 0 unspecified atom stereocenters. The van der Waals surface area contributed by atoms with Gasteiger partial charge in [0.1, 0.15) is 17.4 Å². The molecule has 0 spiro atoms. The first kappa shape index (κ1) is 25.2. The summed E-state index contributed by atoms with van der Waals surface area (Å²) in [5, 5.41) is 10.9. The van der Waals surface area contributed by atoms with E-state index in [1.165, 1.54) is 11.6 Å². The predicted molar refractivity (Wildman–Crippen MR) is 135 cm³/mol. The Morgan fingerprint density at radius 3 is 2.66 bits per heavy atom. The van der Waals surface area contributed by atoms with E-state index in [9.17, 15) is 14.7 Å². The molecule has 188 valence electrons. The van der Waals surface area contributed by atoms with Gasteiger partial charge in [0.2, 0.25) is 0 Å². The normalized spacial score (nSPS) is 26.1. The lowest BCUT2D eigenvalue weighted by Crippen LogP contribution is -2.51. The van der Waals surface area contributed by atoms with Crippen molar-refractivity contribution in [3.63, 3.8) is 0 Å². The highest BCUT2D eigenvalue weighted by Gasteiger charge is 2.53. The summed E-state index contributed by atoms with van der Waals surface area (Å²) in [5.74, 6) is 0.365. The van der Waals surface area contributed by atoms with E-state index >= 15 is 0 Å². The monoisotopic (exact) mass is 480 g/mol. The van der Waals surface area contributed by atoms with Crippen LogP contribution in [0, 0.1) is 16.7 Å². The molecule has 3 atom stereocenters. The summed E-state index contributed by atoms with van der Waals surface area (Å²) in [4.78, 5) is 24.1. The first-order valence-corrected chi connectivity index (χ1v) is 12.3. The van der Waals surface area contributed by atoms with Gasteiger partial charge in [-0.3, -0.25) is 4.79 Å². The number of hydrogen-bond acceptors (Lipinski definition) is 6. The Kier molecular flexibility index (Phi) is 6.47. The van der Waals surface area contributed by atoms with Gasteiger partial charge in [-0.05, 0) is 56.7 Å². The van der Waals surface area contributed by atoms with Crippen LogP contribution >= 0.6 is 0 Å². The number of esters is 1. The third-order valence-electron chi connectivity index (χ3n) is 7.73. The number of rotatable bonds is 6. The van der Waals surface area contributed by atoms with Crippen molar-refractivity contribution < 1.29 is 23.8 Å². The van der Waals surface area contributed by atoms with Crippen molar-refractivity contribution in [2.24, 2.45) is 16.7 Å². The molecule has 1 aromatic carbocycles. The molecule has 0 saturated heterocycles. The van der Waals surface area contributed by atoms with Crippen LogP contribution in [0.4, 0.5) is 0 Å². The molecule has 0 bridgehead atoms. The molecule has 1 saturated carbocycles. The standard InChI is InChI=1S/C29H36O6/c1-18-7-11-23-28(4,5)24(35-26(31)16-27(2,3)32)13-14-29(23,6)21(18)17-33-20-10-8-19-9-12-25(30)34-22(19)15-20/h8-12,15,21,24,32H,1,7,13-14,16-17H2,2-6H3/t21-,24+,29-/m1/s1. The lowest BCUT2D eigenvalue weighted by molar-refractivity contribution is -0.162. The number of fused-ring (bicyclic) bond motifs is 2. The molecular formula is C29H36O6. The Hall–Kier alpha value is -2.86. The van der Waals surface area contributed by atoms with Gasteiger partial charge in [-0.1, -0.05) is 44.6 Å². The highest BCUT2D eigenvalue weighted by atomic mass is 16.5. The van der Waals surface area contributed by atoms with Gasteiger partial charge in [0.15, 0.2) is 0 Å². The molecule has 1 N–H and O–H groups in total. The second kappa shape index (κ2) is 8.98. The molecule has 2 aliphatic rings. The second-order valence-electron chi connectivity index (χ2n) is 11.4. The van der Waals surface area contributed by atoms with Crippen molar-refractivity contribution in [3.05, 3.63) is 64.6 Å². The van der Waals surface area contributed by atoms with Crippen LogP contribution in [0.3, 0.4) is 0 Å². The Bertz CT molecular complexity index is 1230. The third kappa shape index (κ3) is 5.08. The lowest BCUT2D eigenvalue weighted by Gasteiger charge is -2.55. The van der Waals surface area contributed by atoms with E-state index in [4.69, 9.17) is 13.9 Å². The minimum atomic E-state index is -1.10. The molecule has 6 heteroatoms. The van der Waals surface area contributed by atoms with Crippen LogP contribution in [0.2, 0.25) is 0 Å². The van der Waals surface area contributed by atoms with Gasteiger partial charge < -0.3 is 19.0 Å². The second-order valence-corrected chi connectivity index (χ2v) is 11.4. The maximum atomic E-state index is 12.5. The highest BCUT2D eigenvalue weighted by molar-refractivity contribution is 5.77. The topological polar surface area (TPSA) is 86.0 Å². The number of aliphatic hydroxyl groups is 1. The summed E-state index contributed by atoms with van der Waals surface area (Å²) >= 11 is 0. The Morgan fingerprint density at radius 1 is 1.23 bits per heavy atom. The Labute approximate surface area is 206 Å². The van der Waals surface area contributed by atoms with Crippen molar-refractivity contribution in [2.45, 2.75) is 72.0 Å². The minimum absolute atomic E-state index is 0.0327. The van der Waals surface area contributed by atoms with E-state index < -0.39 is 5.60 Å². The molecular weight excluding hydrogens is 444 g/mol. The lowest BCUT2D eigenvalue weighted by atomic mass is 9.51. The fourth-order valence-electron chi connectivity index (χ4n) is 5.89. The van der Waals surface area contributed by atoms with Crippen molar-refractivity contribution in [3.8, 4) is 5.75 Å². The number of ether oxygens (including phenoxy) is 2. The summed E-state index contributed by atoms with van der Waals surface area (Å²) in [7, 11) is 0. The van der Waals surface area contributed by atoms with E-state index in [0.717, 1.165) is 30.2 Å². The van der Waals surface area contributed by atoms with Gasteiger partial charge in [0.05, 0.1) is 18.6 Å². The average molecular weight is 481 g/mol. The van der Waals surface area contributed by atoms with Crippen LogP contribution in [0.25, 0.3) is 11.0 Å². The maximum absolute atomic E-state index is 12.5. The Morgan fingerprint density at radius 2 is 1.94 bits per heavy atom. The van der Waals surface area contributed by atoms with E-state index in [-0.39, 0.29) is 40.9 Å². The van der Waals surface area contributed by atoms with Gasteiger partial charge in [-0.25, -0.2) is 4.79 Å². The molecule has 0 radical (unpaired) electrons. The quantitative estimate of drug-likeness (QED) is 0.330. The molecule has 0 amide bonds. The van der Waals surface area contributed by atoms with E-state index in [1.54, 1.807) is 26.0 Å². The van der Waals surface area contributed by atoms with Gasteiger partial charge >= 0.3 is 11.6 Å². The summed E-state index contributed by atoms with van der Waals surface area (Å²) in [5.41, 5.74) is 0.868. The van der Waals surface area contributed by atoms with Gasteiger partial charge in [-0.15, -0.1) is 0 Å². The number of benzene rings is 1. The zero-order chi connectivity index (χ0) is 25.6. The number of allylic oxidation sites excluding steroid dienone is 1. The molecule has 0 aliphatic heterocycles. The van der Waals surface area contributed by atoms with Crippen LogP contribution in [0.5, 0.6) is 5.75 Å². The fraction of sp³-hybridized carbons (Fsp3) is 0.517.